The SMILES string of the molecule is C[SiH](O[Si](C)(C)C)O[Si](C)(CCC#N)O[Si](C)(C)C. The van der Waals surface area contributed by atoms with Gasteiger partial charge in [0, 0.05) is 12.5 Å². The highest BCUT2D eigenvalue weighted by Crippen LogP contribution is 2.23. The van der Waals surface area contributed by atoms with Gasteiger partial charge in [-0.15, -0.1) is 0 Å². The molecule has 0 aliphatic carbocycles. The summed E-state index contributed by atoms with van der Waals surface area (Å²) in [6.45, 7) is 17.2. The molecule has 0 radical (unpaired) electrons. The molecular formula is C11H29NO3Si4. The number of nitrogens with zero attached hydrogens (tertiary/aromatic N) is 1. The van der Waals surface area contributed by atoms with Gasteiger partial charge in [0.1, 0.15) is 0 Å². The lowest BCUT2D eigenvalue weighted by molar-refractivity contribution is 0.344. The molecule has 0 rings (SSSR count). The van der Waals surface area contributed by atoms with Crippen molar-refractivity contribution in [3.05, 3.63) is 0 Å². The molecule has 0 spiro atoms. The minimum absolute atomic E-state index is 0.501. The van der Waals surface area contributed by atoms with Crippen LogP contribution in [0, 0.1) is 11.3 Å². The maximum absolute atomic E-state index is 8.81. The van der Waals surface area contributed by atoms with Gasteiger partial charge in [-0.2, -0.15) is 5.26 Å². The minimum Gasteiger partial charge on any atom is -0.439 e. The predicted molar refractivity (Wildman–Crippen MR) is 89.6 cm³/mol. The van der Waals surface area contributed by atoms with Gasteiger partial charge in [-0.25, -0.2) is 0 Å². The Morgan fingerprint density at radius 3 is 1.84 bits per heavy atom. The molecule has 112 valence electrons. The second kappa shape index (κ2) is 7.30. The van der Waals surface area contributed by atoms with Crippen molar-refractivity contribution in [2.75, 3.05) is 0 Å². The Hall–Kier alpha value is 0.238. The van der Waals surface area contributed by atoms with Gasteiger partial charge in [0.05, 0.1) is 6.07 Å². The van der Waals surface area contributed by atoms with E-state index in [9.17, 15) is 0 Å². The lowest BCUT2D eigenvalue weighted by Gasteiger charge is -2.36. The summed E-state index contributed by atoms with van der Waals surface area (Å²) in [4.78, 5) is 0. The molecule has 0 heterocycles. The van der Waals surface area contributed by atoms with E-state index in [1.165, 1.54) is 0 Å². The van der Waals surface area contributed by atoms with E-state index < -0.39 is 34.5 Å². The number of nitriles is 1. The zero-order valence-corrected chi connectivity index (χ0v) is 17.8. The van der Waals surface area contributed by atoms with Crippen LogP contribution in [0.1, 0.15) is 6.42 Å². The van der Waals surface area contributed by atoms with E-state index in [1.54, 1.807) is 0 Å². The van der Waals surface area contributed by atoms with Crippen molar-refractivity contribution in [2.45, 2.75) is 64.8 Å². The van der Waals surface area contributed by atoms with Gasteiger partial charge in [-0.3, -0.25) is 0 Å². The topological polar surface area (TPSA) is 51.5 Å². The van der Waals surface area contributed by atoms with Crippen molar-refractivity contribution in [1.29, 1.82) is 5.26 Å². The van der Waals surface area contributed by atoms with Gasteiger partial charge in [-0.05, 0) is 52.4 Å². The Bertz CT molecular complexity index is 321. The molecule has 8 heteroatoms. The highest BCUT2D eigenvalue weighted by molar-refractivity contribution is 6.85. The first-order chi connectivity index (χ1) is 8.37. The van der Waals surface area contributed by atoms with Gasteiger partial charge in [0.15, 0.2) is 16.6 Å². The molecule has 0 saturated carbocycles. The fourth-order valence-electron chi connectivity index (χ4n) is 1.94. The molecule has 0 aromatic rings. The predicted octanol–water partition coefficient (Wildman–Crippen LogP) is 3.54. The van der Waals surface area contributed by atoms with Crippen LogP contribution >= 0.6 is 0 Å². The maximum Gasteiger partial charge on any atom is 0.316 e. The van der Waals surface area contributed by atoms with E-state index >= 15 is 0 Å². The molecule has 0 bridgehead atoms. The first-order valence-electron chi connectivity index (χ1n) is 6.80. The summed E-state index contributed by atoms with van der Waals surface area (Å²) < 4.78 is 18.6. The monoisotopic (exact) mass is 335 g/mol. The fourth-order valence-corrected chi connectivity index (χ4v) is 16.6. The third kappa shape index (κ3) is 10.7. The van der Waals surface area contributed by atoms with Crippen LogP contribution in [0.15, 0.2) is 0 Å². The van der Waals surface area contributed by atoms with Crippen LogP contribution in [-0.2, 0) is 12.3 Å². The van der Waals surface area contributed by atoms with Crippen LogP contribution in [-0.4, -0.2) is 34.5 Å². The molecule has 0 aromatic carbocycles. The average molecular weight is 336 g/mol. The summed E-state index contributed by atoms with van der Waals surface area (Å²) in [5.41, 5.74) is 0. The van der Waals surface area contributed by atoms with Crippen LogP contribution < -0.4 is 0 Å². The normalized spacial score (nSPS) is 17.6. The number of hydrogen-bond donors (Lipinski definition) is 0. The van der Waals surface area contributed by atoms with E-state index in [2.05, 4.69) is 58.4 Å². The van der Waals surface area contributed by atoms with Crippen molar-refractivity contribution >= 4 is 34.5 Å². The summed E-state index contributed by atoms with van der Waals surface area (Å²) in [5.74, 6) is 0. The first kappa shape index (κ1) is 19.2. The summed E-state index contributed by atoms with van der Waals surface area (Å²) >= 11 is 0. The van der Waals surface area contributed by atoms with Crippen molar-refractivity contribution in [3.8, 4) is 6.07 Å². The molecule has 2 atom stereocenters. The van der Waals surface area contributed by atoms with Crippen LogP contribution in [0.25, 0.3) is 0 Å². The molecule has 4 nitrogen and oxygen atoms in total. The first-order valence-corrected chi connectivity index (χ1v) is 18.2. The van der Waals surface area contributed by atoms with Gasteiger partial charge >= 0.3 is 8.56 Å². The van der Waals surface area contributed by atoms with Gasteiger partial charge in [0.25, 0.3) is 9.28 Å². The van der Waals surface area contributed by atoms with E-state index in [1.807, 2.05) is 0 Å². The summed E-state index contributed by atoms with van der Waals surface area (Å²) in [5, 5.41) is 8.81. The molecule has 0 aliphatic heterocycles. The third-order valence-corrected chi connectivity index (χ3v) is 15.0. The van der Waals surface area contributed by atoms with Crippen molar-refractivity contribution in [2.24, 2.45) is 0 Å². The van der Waals surface area contributed by atoms with Gasteiger partial charge in [0.2, 0.25) is 0 Å². The van der Waals surface area contributed by atoms with E-state index in [0.717, 1.165) is 6.04 Å². The zero-order valence-electron chi connectivity index (χ0n) is 13.7. The summed E-state index contributed by atoms with van der Waals surface area (Å²) in [6, 6.07) is 2.94. The second-order valence-corrected chi connectivity index (χ2v) is 22.0. The highest BCUT2D eigenvalue weighted by atomic mass is 28.5. The van der Waals surface area contributed by atoms with E-state index in [0.29, 0.717) is 6.42 Å². The standard InChI is InChI=1S/C11H29NO3Si4/c1-16(13-17(2,3)4)14-19(8,11-9-10-12)15-18(5,6)7/h16H,9,11H2,1-8H3. The van der Waals surface area contributed by atoms with Crippen molar-refractivity contribution < 1.29 is 12.3 Å². The molecule has 0 amide bonds. The number of rotatable bonds is 8. The quantitative estimate of drug-likeness (QED) is 0.637. The molecule has 19 heavy (non-hydrogen) atoms. The van der Waals surface area contributed by atoms with Crippen LogP contribution in [0.4, 0.5) is 0 Å². The Kier molecular flexibility index (Phi) is 7.40. The summed E-state index contributed by atoms with van der Waals surface area (Å²) in [6.07, 6.45) is 0.501. The molecule has 0 aromatic heterocycles. The van der Waals surface area contributed by atoms with Gasteiger partial charge < -0.3 is 12.3 Å². The largest absolute Gasteiger partial charge is 0.439 e. The molecule has 0 aliphatic rings. The number of hydrogen-bond acceptors (Lipinski definition) is 4. The Morgan fingerprint density at radius 1 is 0.947 bits per heavy atom. The molecule has 0 saturated heterocycles. The molecular weight excluding hydrogens is 306 g/mol. The average Bonchev–Trinajstić information content (AvgIpc) is 2.07. The van der Waals surface area contributed by atoms with Gasteiger partial charge in [-0.1, -0.05) is 0 Å². The second-order valence-electron chi connectivity index (χ2n) is 6.92. The maximum atomic E-state index is 8.81. The lowest BCUT2D eigenvalue weighted by atomic mass is 10.6. The zero-order chi connectivity index (χ0) is 15.3. The lowest BCUT2D eigenvalue weighted by Crippen LogP contribution is -2.51. The van der Waals surface area contributed by atoms with E-state index in [4.69, 9.17) is 17.6 Å². The molecule has 0 fully saturated rings. The van der Waals surface area contributed by atoms with Crippen LogP contribution in [0.3, 0.4) is 0 Å². The van der Waals surface area contributed by atoms with Crippen molar-refractivity contribution in [3.63, 3.8) is 0 Å². The summed E-state index contributed by atoms with van der Waals surface area (Å²) in [7, 11) is -7.17. The fraction of sp³-hybridized carbons (Fsp3) is 0.909. The highest BCUT2D eigenvalue weighted by Gasteiger charge is 2.38. The minimum atomic E-state index is -2.27. The van der Waals surface area contributed by atoms with Crippen LogP contribution in [0.2, 0.25) is 58.4 Å². The van der Waals surface area contributed by atoms with Crippen LogP contribution in [0.5, 0.6) is 0 Å². The molecule has 0 N–H and O–H groups in total. The Morgan fingerprint density at radius 2 is 1.47 bits per heavy atom. The Balaban J connectivity index is 4.71. The third-order valence-electron chi connectivity index (χ3n) is 2.15. The molecule has 2 unspecified atom stereocenters. The smallest absolute Gasteiger partial charge is 0.316 e. The Labute approximate surface area is 123 Å². The van der Waals surface area contributed by atoms with Crippen molar-refractivity contribution in [1.82, 2.24) is 0 Å². The van der Waals surface area contributed by atoms with E-state index in [-0.39, 0.29) is 0 Å².